The second kappa shape index (κ2) is 7.99. The topological polar surface area (TPSA) is 64.4 Å². The Balaban J connectivity index is 1.88. The van der Waals surface area contributed by atoms with Crippen LogP contribution in [0.25, 0.3) is 0 Å². The third kappa shape index (κ3) is 4.85. The third-order valence-corrected chi connectivity index (χ3v) is 4.24. The van der Waals surface area contributed by atoms with Crippen LogP contribution in [0.5, 0.6) is 5.75 Å². The molecule has 0 aliphatic heterocycles. The van der Waals surface area contributed by atoms with Crippen molar-refractivity contribution in [3.8, 4) is 5.75 Å². The Kier molecular flexibility index (Phi) is 6.01. The van der Waals surface area contributed by atoms with Gasteiger partial charge in [-0.1, -0.05) is 31.1 Å². The number of nitrogens with zero attached hydrogens (tertiary/aromatic N) is 1. The maximum Gasteiger partial charge on any atom is 0.224 e. The summed E-state index contributed by atoms with van der Waals surface area (Å²) in [7, 11) is 0. The molecule has 1 aromatic heterocycles. The second-order valence-corrected chi connectivity index (χ2v) is 6.51. The molecular weight excluding hydrogens is 304 g/mol. The smallest absolute Gasteiger partial charge is 0.224 e. The summed E-state index contributed by atoms with van der Waals surface area (Å²) in [6, 6.07) is 7.78. The van der Waals surface area contributed by atoms with E-state index in [2.05, 4.69) is 24.3 Å². The van der Waals surface area contributed by atoms with Gasteiger partial charge in [0.1, 0.15) is 18.1 Å². The molecule has 0 saturated carbocycles. The average Bonchev–Trinajstić information content (AvgIpc) is 2.85. The van der Waals surface area contributed by atoms with Crippen molar-refractivity contribution in [1.29, 1.82) is 0 Å². The molecular formula is C19H26N2O3. The number of nitrogens with one attached hydrogen (secondary N) is 1. The van der Waals surface area contributed by atoms with Crippen molar-refractivity contribution in [3.05, 3.63) is 46.8 Å². The summed E-state index contributed by atoms with van der Waals surface area (Å²) in [5.74, 6) is 2.00. The predicted molar refractivity (Wildman–Crippen MR) is 92.9 cm³/mol. The molecule has 0 saturated heterocycles. The van der Waals surface area contributed by atoms with Crippen molar-refractivity contribution in [2.24, 2.45) is 5.92 Å². The van der Waals surface area contributed by atoms with Gasteiger partial charge in [0.15, 0.2) is 0 Å². The Hall–Kier alpha value is -2.30. The van der Waals surface area contributed by atoms with E-state index in [4.69, 9.17) is 9.26 Å². The molecule has 1 unspecified atom stereocenters. The molecule has 1 heterocycles. The van der Waals surface area contributed by atoms with E-state index in [1.54, 1.807) is 0 Å². The van der Waals surface area contributed by atoms with E-state index < -0.39 is 0 Å². The van der Waals surface area contributed by atoms with Crippen molar-refractivity contribution in [2.75, 3.05) is 0 Å². The Morgan fingerprint density at radius 1 is 1.21 bits per heavy atom. The first-order valence-electron chi connectivity index (χ1n) is 8.29. The molecule has 0 aliphatic carbocycles. The highest BCUT2D eigenvalue weighted by atomic mass is 16.5. The molecule has 1 aromatic carbocycles. The number of carbonyl (C=O) groups is 1. The lowest BCUT2D eigenvalue weighted by Gasteiger charge is -2.17. The highest BCUT2D eigenvalue weighted by molar-refractivity contribution is 5.78. The monoisotopic (exact) mass is 330 g/mol. The molecule has 0 aliphatic rings. The quantitative estimate of drug-likeness (QED) is 0.843. The minimum absolute atomic E-state index is 0.0422. The molecule has 0 spiro atoms. The minimum Gasteiger partial charge on any atom is -0.489 e. The van der Waals surface area contributed by atoms with Gasteiger partial charge in [-0.2, -0.15) is 0 Å². The number of benzene rings is 1. The summed E-state index contributed by atoms with van der Waals surface area (Å²) < 4.78 is 10.9. The average molecular weight is 330 g/mol. The van der Waals surface area contributed by atoms with Crippen LogP contribution in [0.2, 0.25) is 0 Å². The van der Waals surface area contributed by atoms with E-state index in [9.17, 15) is 4.79 Å². The van der Waals surface area contributed by atoms with Gasteiger partial charge in [-0.15, -0.1) is 0 Å². The van der Waals surface area contributed by atoms with Crippen LogP contribution in [0, 0.1) is 19.8 Å². The second-order valence-electron chi connectivity index (χ2n) is 6.51. The van der Waals surface area contributed by atoms with Crippen LogP contribution in [0.15, 0.2) is 28.8 Å². The third-order valence-electron chi connectivity index (χ3n) is 4.24. The van der Waals surface area contributed by atoms with Crippen molar-refractivity contribution in [3.63, 3.8) is 0 Å². The number of aromatic nitrogens is 1. The zero-order valence-corrected chi connectivity index (χ0v) is 15.1. The fraction of sp³-hybridized carbons (Fsp3) is 0.474. The molecule has 1 amide bonds. The highest BCUT2D eigenvalue weighted by Gasteiger charge is 2.12. The minimum atomic E-state index is 0.0422. The van der Waals surface area contributed by atoms with Crippen molar-refractivity contribution >= 4 is 5.91 Å². The van der Waals surface area contributed by atoms with Gasteiger partial charge in [0.2, 0.25) is 5.91 Å². The first kappa shape index (κ1) is 18.0. The number of rotatable bonds is 7. The van der Waals surface area contributed by atoms with E-state index in [1.165, 1.54) is 0 Å². The Morgan fingerprint density at radius 3 is 2.42 bits per heavy atom. The zero-order valence-electron chi connectivity index (χ0n) is 15.1. The molecule has 5 nitrogen and oxygen atoms in total. The van der Waals surface area contributed by atoms with Gasteiger partial charge >= 0.3 is 0 Å². The first-order valence-corrected chi connectivity index (χ1v) is 8.29. The number of carbonyl (C=O) groups excluding carboxylic acids is 1. The lowest BCUT2D eigenvalue weighted by Crippen LogP contribution is -2.37. The van der Waals surface area contributed by atoms with Crippen LogP contribution >= 0.6 is 0 Å². The number of hydrogen-bond donors (Lipinski definition) is 1. The standard InChI is InChI=1S/C19H26N2O3/c1-12(2)13(3)20-19(22)10-16-6-8-17(9-7-16)23-11-18-14(4)21-24-15(18)5/h6-9,12-13H,10-11H2,1-5H3,(H,20,22). The molecule has 1 atom stereocenters. The van der Waals surface area contributed by atoms with Crippen molar-refractivity contribution in [2.45, 2.75) is 53.7 Å². The summed E-state index contributed by atoms with van der Waals surface area (Å²) >= 11 is 0. The molecule has 2 rings (SSSR count). The van der Waals surface area contributed by atoms with Crippen molar-refractivity contribution < 1.29 is 14.1 Å². The molecule has 0 fully saturated rings. The Morgan fingerprint density at radius 2 is 1.88 bits per heavy atom. The normalized spacial score (nSPS) is 12.2. The Bertz CT molecular complexity index is 655. The van der Waals surface area contributed by atoms with Crippen LogP contribution < -0.4 is 10.1 Å². The van der Waals surface area contributed by atoms with Gasteiger partial charge in [-0.05, 0) is 44.4 Å². The SMILES string of the molecule is Cc1noc(C)c1COc1ccc(CC(=O)NC(C)C(C)C)cc1. The van der Waals surface area contributed by atoms with Crippen molar-refractivity contribution in [1.82, 2.24) is 10.5 Å². The molecule has 0 bridgehead atoms. The maximum atomic E-state index is 12.0. The van der Waals surface area contributed by atoms with Gasteiger partial charge in [0, 0.05) is 6.04 Å². The summed E-state index contributed by atoms with van der Waals surface area (Å²) in [5, 5.41) is 6.92. The predicted octanol–water partition coefficient (Wildman–Crippen LogP) is 3.57. The molecule has 2 aromatic rings. The first-order chi connectivity index (χ1) is 11.4. The van der Waals surface area contributed by atoms with Crippen LogP contribution in [0.4, 0.5) is 0 Å². The van der Waals surface area contributed by atoms with E-state index in [0.717, 1.165) is 28.3 Å². The lowest BCUT2D eigenvalue weighted by molar-refractivity contribution is -0.121. The van der Waals surface area contributed by atoms with Gasteiger partial charge < -0.3 is 14.6 Å². The zero-order chi connectivity index (χ0) is 17.7. The highest BCUT2D eigenvalue weighted by Crippen LogP contribution is 2.18. The molecule has 130 valence electrons. The van der Waals surface area contributed by atoms with Gasteiger partial charge in [-0.3, -0.25) is 4.79 Å². The number of hydrogen-bond acceptors (Lipinski definition) is 4. The van der Waals surface area contributed by atoms with Crippen LogP contribution in [-0.4, -0.2) is 17.1 Å². The van der Waals surface area contributed by atoms with Gasteiger partial charge in [-0.25, -0.2) is 0 Å². The maximum absolute atomic E-state index is 12.0. The molecule has 5 heteroatoms. The fourth-order valence-electron chi connectivity index (χ4n) is 2.22. The lowest BCUT2D eigenvalue weighted by atomic mass is 10.1. The van der Waals surface area contributed by atoms with Crippen LogP contribution in [-0.2, 0) is 17.8 Å². The summed E-state index contributed by atoms with van der Waals surface area (Å²) in [4.78, 5) is 12.0. The van der Waals surface area contributed by atoms with Crippen LogP contribution in [0.1, 0.15) is 43.4 Å². The van der Waals surface area contributed by atoms with Crippen LogP contribution in [0.3, 0.4) is 0 Å². The molecule has 0 radical (unpaired) electrons. The molecule has 1 N–H and O–H groups in total. The summed E-state index contributed by atoms with van der Waals surface area (Å²) in [6.45, 7) is 10.4. The van der Waals surface area contributed by atoms with E-state index in [0.29, 0.717) is 18.9 Å². The number of ether oxygens (including phenoxy) is 1. The molecule has 24 heavy (non-hydrogen) atoms. The Labute approximate surface area is 143 Å². The van der Waals surface area contributed by atoms with E-state index in [1.807, 2.05) is 45.0 Å². The number of aryl methyl sites for hydroxylation is 2. The summed E-state index contributed by atoms with van der Waals surface area (Å²) in [6.07, 6.45) is 0.376. The summed E-state index contributed by atoms with van der Waals surface area (Å²) in [5.41, 5.74) is 2.79. The van der Waals surface area contributed by atoms with Gasteiger partial charge in [0.05, 0.1) is 17.7 Å². The number of amides is 1. The van der Waals surface area contributed by atoms with E-state index in [-0.39, 0.29) is 11.9 Å². The van der Waals surface area contributed by atoms with Gasteiger partial charge in [0.25, 0.3) is 0 Å². The van der Waals surface area contributed by atoms with E-state index >= 15 is 0 Å². The fourth-order valence-corrected chi connectivity index (χ4v) is 2.22. The largest absolute Gasteiger partial charge is 0.489 e.